The average Bonchev–Trinajstić information content (AvgIpc) is 3.59. The van der Waals surface area contributed by atoms with Gasteiger partial charge in [0.25, 0.3) is 0 Å². The molecule has 2 amide bonds. The van der Waals surface area contributed by atoms with Crippen molar-refractivity contribution in [2.45, 2.75) is 152 Å². The Balaban J connectivity index is 0.991. The number of carbonyl (C=O) groups is 1. The number of urea groups is 1. The molecule has 308 valence electrons. The van der Waals surface area contributed by atoms with Crippen LogP contribution < -0.4 is 27.0 Å². The molecule has 0 spiro atoms. The number of anilines is 1. The molecule has 56 heavy (non-hydrogen) atoms. The number of fused-ring (bicyclic) bond motifs is 6. The standard InChI is InChI=1S/C44H68N8O4/c1-44(2,3)31-18-20-32(21-19-31)49-43(55)46-22-11-23-50(25-29-12-5-4-6-13-29)26-36-38(53)39(54)42(56-36)52-28-48-37-40(45)47-27-51(41(37)52)33-15-8-7-14-30(24-33)34-16-9-10-17-35(34)52/h4-6,12-13,18-21,30,33-42,47-48,53-54H,7-11,14-17,22-28,45H2,1-3H3,(H-,46,49,55)/p+1. The van der Waals surface area contributed by atoms with Gasteiger partial charge in [0.05, 0.1) is 18.9 Å². The van der Waals surface area contributed by atoms with Crippen LogP contribution in [0.2, 0.25) is 0 Å². The summed E-state index contributed by atoms with van der Waals surface area (Å²) in [6, 6.07) is 19.0. The van der Waals surface area contributed by atoms with Crippen molar-refractivity contribution < 1.29 is 24.2 Å². The normalized spacial score (nSPS) is 37.2. The number of hydrogen-bond acceptors (Lipinski definition) is 9. The van der Waals surface area contributed by atoms with E-state index in [1.165, 1.54) is 62.5 Å². The SMILES string of the molecule is CC(C)(C)c1ccc(NC(=O)NCCCN(Cc2ccccc2)CC2OC([N+]34CNC5C(N)NCN(C6CCCCC(C6)C6CCCCC63)C54)C(O)C2O)cc1. The molecule has 4 saturated heterocycles. The van der Waals surface area contributed by atoms with Crippen LogP contribution in [0.25, 0.3) is 0 Å². The van der Waals surface area contributed by atoms with E-state index in [2.05, 4.69) is 88.2 Å². The van der Waals surface area contributed by atoms with Crippen LogP contribution in [0.4, 0.5) is 10.5 Å². The summed E-state index contributed by atoms with van der Waals surface area (Å²) >= 11 is 0. The molecule has 0 aromatic heterocycles. The monoisotopic (exact) mass is 774 g/mol. The quantitative estimate of drug-likeness (QED) is 0.140. The number of nitrogens with one attached hydrogen (secondary N) is 4. The molecule has 2 aliphatic carbocycles. The minimum Gasteiger partial charge on any atom is -0.387 e. The molecule has 12 nitrogen and oxygen atoms in total. The van der Waals surface area contributed by atoms with Gasteiger partial charge in [0, 0.05) is 43.8 Å². The number of aliphatic hydroxyl groups is 2. The molecule has 0 radical (unpaired) electrons. The number of hydrogen-bond donors (Lipinski definition) is 7. The molecule has 12 atom stereocenters. The average molecular weight is 774 g/mol. The summed E-state index contributed by atoms with van der Waals surface area (Å²) in [5, 5.41) is 37.8. The van der Waals surface area contributed by atoms with Crippen LogP contribution in [0.5, 0.6) is 0 Å². The highest BCUT2D eigenvalue weighted by Gasteiger charge is 2.69. The maximum Gasteiger partial charge on any atom is 0.319 e. The third-order valence-electron chi connectivity index (χ3n) is 14.5. The number of benzene rings is 2. The van der Waals surface area contributed by atoms with Crippen molar-refractivity contribution in [2.24, 2.45) is 17.6 Å². The molecule has 8 rings (SSSR count). The first-order valence-corrected chi connectivity index (χ1v) is 21.8. The fraction of sp³-hybridized carbons (Fsp3) is 0.705. The molecule has 6 fully saturated rings. The van der Waals surface area contributed by atoms with Crippen LogP contribution in [-0.2, 0) is 16.7 Å². The highest BCUT2D eigenvalue weighted by molar-refractivity contribution is 5.89. The molecule has 12 heteroatoms. The van der Waals surface area contributed by atoms with Crippen molar-refractivity contribution >= 4 is 11.7 Å². The van der Waals surface area contributed by atoms with Gasteiger partial charge in [-0.1, -0.05) is 82.5 Å². The minimum absolute atomic E-state index is 0.0280. The predicted octanol–water partition coefficient (Wildman–Crippen LogP) is 4.19. The lowest BCUT2D eigenvalue weighted by Gasteiger charge is -2.60. The lowest BCUT2D eigenvalue weighted by molar-refractivity contribution is -1.02. The van der Waals surface area contributed by atoms with E-state index in [0.29, 0.717) is 61.3 Å². The smallest absolute Gasteiger partial charge is 0.319 e. The van der Waals surface area contributed by atoms with E-state index in [1.54, 1.807) is 0 Å². The Bertz CT molecular complexity index is 1610. The molecule has 8 N–H and O–H groups in total. The minimum atomic E-state index is -1.02. The Hall–Kier alpha value is -2.65. The number of nitrogens with two attached hydrogens (primary N) is 1. The van der Waals surface area contributed by atoms with Gasteiger partial charge in [-0.25, -0.2) is 9.69 Å². The Morgan fingerprint density at radius 2 is 1.73 bits per heavy atom. The number of carbonyl (C=O) groups excluding carboxylic acids is 1. The fourth-order valence-corrected chi connectivity index (χ4v) is 11.8. The first-order valence-electron chi connectivity index (χ1n) is 21.8. The summed E-state index contributed by atoms with van der Waals surface area (Å²) in [6.07, 6.45) is 8.54. The van der Waals surface area contributed by atoms with E-state index >= 15 is 0 Å². The Kier molecular flexibility index (Phi) is 12.1. The molecule has 2 aromatic rings. The number of aliphatic hydroxyl groups excluding tert-OH is 2. The van der Waals surface area contributed by atoms with Crippen LogP contribution >= 0.6 is 0 Å². The lowest BCUT2D eigenvalue weighted by Crippen LogP contribution is -2.80. The number of ether oxygens (including phenoxy) is 1. The molecular weight excluding hydrogens is 705 g/mol. The third-order valence-corrected chi connectivity index (χ3v) is 14.5. The van der Waals surface area contributed by atoms with Gasteiger partial charge >= 0.3 is 6.03 Å². The van der Waals surface area contributed by atoms with Crippen LogP contribution in [0.15, 0.2) is 54.6 Å². The number of amides is 2. The van der Waals surface area contributed by atoms with Crippen LogP contribution in [0, 0.1) is 11.8 Å². The van der Waals surface area contributed by atoms with Gasteiger partial charge < -0.3 is 31.3 Å². The maximum absolute atomic E-state index is 12.8. The lowest BCUT2D eigenvalue weighted by atomic mass is 9.70. The van der Waals surface area contributed by atoms with Gasteiger partial charge in [-0.05, 0) is 79.5 Å². The topological polar surface area (TPSA) is 147 Å². The largest absolute Gasteiger partial charge is 0.387 e. The van der Waals surface area contributed by atoms with E-state index < -0.39 is 24.5 Å². The predicted molar refractivity (Wildman–Crippen MR) is 219 cm³/mol. The summed E-state index contributed by atoms with van der Waals surface area (Å²) in [5.41, 5.74) is 10.1. The summed E-state index contributed by atoms with van der Waals surface area (Å²) < 4.78 is 7.79. The van der Waals surface area contributed by atoms with Crippen molar-refractivity contribution in [3.8, 4) is 0 Å². The first-order chi connectivity index (χ1) is 27.0. The van der Waals surface area contributed by atoms with E-state index in [0.717, 1.165) is 25.2 Å². The van der Waals surface area contributed by atoms with Gasteiger partial charge in [0.1, 0.15) is 24.9 Å². The second kappa shape index (κ2) is 16.9. The van der Waals surface area contributed by atoms with Crippen molar-refractivity contribution in [1.29, 1.82) is 0 Å². The van der Waals surface area contributed by atoms with Crippen molar-refractivity contribution in [1.82, 2.24) is 25.8 Å². The van der Waals surface area contributed by atoms with Crippen LogP contribution in [0.3, 0.4) is 0 Å². The second-order valence-corrected chi connectivity index (χ2v) is 19.0. The van der Waals surface area contributed by atoms with Crippen LogP contribution in [0.1, 0.15) is 96.1 Å². The second-order valence-electron chi connectivity index (χ2n) is 19.0. The summed E-state index contributed by atoms with van der Waals surface area (Å²) in [6.45, 7) is 10.3. The first kappa shape index (κ1) is 40.1. The summed E-state index contributed by atoms with van der Waals surface area (Å²) in [5.74, 6) is 1.25. The molecule has 4 aliphatic heterocycles. The molecule has 4 heterocycles. The number of quaternary nitrogens is 1. The highest BCUT2D eigenvalue weighted by Crippen LogP contribution is 2.52. The van der Waals surface area contributed by atoms with Gasteiger partial charge in [0.15, 0.2) is 12.3 Å². The molecular formula is C44H69N8O4+. The van der Waals surface area contributed by atoms with E-state index in [-0.39, 0.29) is 29.8 Å². The molecule has 6 aliphatic rings. The van der Waals surface area contributed by atoms with E-state index in [4.69, 9.17) is 10.5 Å². The zero-order chi connectivity index (χ0) is 39.0. The Morgan fingerprint density at radius 3 is 2.52 bits per heavy atom. The van der Waals surface area contributed by atoms with Gasteiger partial charge in [0.2, 0.25) is 6.23 Å². The van der Waals surface area contributed by atoms with Gasteiger partial charge in [-0.3, -0.25) is 20.0 Å². The molecule has 12 unspecified atom stereocenters. The number of rotatable bonds is 10. The Labute approximate surface area is 334 Å². The van der Waals surface area contributed by atoms with Crippen molar-refractivity contribution in [3.05, 3.63) is 65.7 Å². The molecule has 2 saturated carbocycles. The Morgan fingerprint density at radius 1 is 0.982 bits per heavy atom. The van der Waals surface area contributed by atoms with Gasteiger partial charge in [-0.15, -0.1) is 0 Å². The zero-order valence-electron chi connectivity index (χ0n) is 34.0. The van der Waals surface area contributed by atoms with Gasteiger partial charge in [-0.2, -0.15) is 0 Å². The summed E-state index contributed by atoms with van der Waals surface area (Å²) in [4.78, 5) is 17.9. The molecule has 2 bridgehead atoms. The maximum atomic E-state index is 12.8. The van der Waals surface area contributed by atoms with E-state index in [9.17, 15) is 15.0 Å². The molecule has 2 aromatic carbocycles. The van der Waals surface area contributed by atoms with Crippen molar-refractivity contribution in [2.75, 3.05) is 38.3 Å². The van der Waals surface area contributed by atoms with Crippen LogP contribution in [-0.4, -0.2) is 118 Å². The fourth-order valence-electron chi connectivity index (χ4n) is 11.8. The van der Waals surface area contributed by atoms with Crippen molar-refractivity contribution in [3.63, 3.8) is 0 Å². The summed E-state index contributed by atoms with van der Waals surface area (Å²) in [7, 11) is 0. The highest BCUT2D eigenvalue weighted by atomic mass is 16.6. The third kappa shape index (κ3) is 8.03. The van der Waals surface area contributed by atoms with E-state index in [1.807, 2.05) is 18.2 Å². The zero-order valence-corrected chi connectivity index (χ0v) is 34.0. The number of nitrogens with zero attached hydrogens (tertiary/aromatic N) is 3.